The molecule has 0 N–H and O–H groups in total. The standard InChI is InChI=1S/C20H15BrN2/c21-16-13-11-15(12-14-16)20-22-18-9-5-2-6-10-19(18)23(20)17-7-3-1-4-8-17/h1-9,11-14H,10H2. The van der Waals surface area contributed by atoms with Crippen molar-refractivity contribution in [2.45, 2.75) is 6.42 Å². The van der Waals surface area contributed by atoms with Crippen LogP contribution < -0.4 is 0 Å². The predicted molar refractivity (Wildman–Crippen MR) is 98.6 cm³/mol. The van der Waals surface area contributed by atoms with E-state index in [1.807, 2.05) is 6.07 Å². The number of rotatable bonds is 2. The number of aromatic nitrogens is 2. The second-order valence-electron chi connectivity index (χ2n) is 5.44. The lowest BCUT2D eigenvalue weighted by Gasteiger charge is -2.11. The van der Waals surface area contributed by atoms with E-state index in [9.17, 15) is 0 Å². The molecule has 0 bridgehead atoms. The summed E-state index contributed by atoms with van der Waals surface area (Å²) in [4.78, 5) is 4.91. The number of imidazole rings is 1. The van der Waals surface area contributed by atoms with Gasteiger partial charge in [0.1, 0.15) is 5.82 Å². The van der Waals surface area contributed by atoms with Gasteiger partial charge in [0.15, 0.2) is 0 Å². The van der Waals surface area contributed by atoms with Crippen LogP contribution in [0.3, 0.4) is 0 Å². The summed E-state index contributed by atoms with van der Waals surface area (Å²) in [6.45, 7) is 0. The molecule has 112 valence electrons. The number of para-hydroxylation sites is 1. The minimum Gasteiger partial charge on any atom is -0.296 e. The minimum atomic E-state index is 0.876. The molecule has 3 heteroatoms. The van der Waals surface area contributed by atoms with E-state index in [0.29, 0.717) is 0 Å². The third kappa shape index (κ3) is 2.68. The first-order valence-corrected chi connectivity index (χ1v) is 8.38. The maximum atomic E-state index is 4.91. The van der Waals surface area contributed by atoms with Crippen LogP contribution in [0.4, 0.5) is 0 Å². The number of nitrogens with zero attached hydrogens (tertiary/aromatic N) is 2. The van der Waals surface area contributed by atoms with E-state index in [1.54, 1.807) is 0 Å². The van der Waals surface area contributed by atoms with Crippen molar-refractivity contribution in [1.29, 1.82) is 0 Å². The number of fused-ring (bicyclic) bond motifs is 1. The second kappa shape index (κ2) is 6.01. The molecule has 0 saturated carbocycles. The van der Waals surface area contributed by atoms with Gasteiger partial charge in [-0.2, -0.15) is 0 Å². The molecular weight excluding hydrogens is 348 g/mol. The molecule has 2 nitrogen and oxygen atoms in total. The second-order valence-corrected chi connectivity index (χ2v) is 6.35. The fourth-order valence-corrected chi connectivity index (χ4v) is 3.12. The summed E-state index contributed by atoms with van der Waals surface area (Å²) < 4.78 is 3.34. The van der Waals surface area contributed by atoms with Crippen LogP contribution >= 0.6 is 15.9 Å². The highest BCUT2D eigenvalue weighted by Crippen LogP contribution is 2.29. The molecule has 4 rings (SSSR count). The summed E-state index contributed by atoms with van der Waals surface area (Å²) in [5.41, 5.74) is 4.52. The van der Waals surface area contributed by atoms with Gasteiger partial charge < -0.3 is 0 Å². The van der Waals surface area contributed by atoms with Crippen LogP contribution in [0.5, 0.6) is 0 Å². The molecule has 0 radical (unpaired) electrons. The third-order valence-corrected chi connectivity index (χ3v) is 4.46. The van der Waals surface area contributed by atoms with Crippen LogP contribution in [0.25, 0.3) is 23.2 Å². The molecule has 1 aromatic heterocycles. The summed E-state index contributed by atoms with van der Waals surface area (Å²) in [6, 6.07) is 18.7. The third-order valence-electron chi connectivity index (χ3n) is 3.93. The molecule has 1 aliphatic carbocycles. The van der Waals surface area contributed by atoms with Gasteiger partial charge in [0.2, 0.25) is 0 Å². The Morgan fingerprint density at radius 2 is 1.70 bits per heavy atom. The number of hydrogen-bond donors (Lipinski definition) is 0. The average Bonchev–Trinajstić information content (AvgIpc) is 2.79. The molecule has 0 unspecified atom stereocenters. The average molecular weight is 363 g/mol. The summed E-state index contributed by atoms with van der Waals surface area (Å²) in [5, 5.41) is 0. The van der Waals surface area contributed by atoms with E-state index in [0.717, 1.165) is 33.7 Å². The Morgan fingerprint density at radius 1 is 0.913 bits per heavy atom. The van der Waals surface area contributed by atoms with Gasteiger partial charge in [-0.3, -0.25) is 4.57 Å². The Balaban J connectivity index is 1.97. The SMILES string of the molecule is Brc1ccc(-c2nc3c(n2-c2ccccc2)CC=CC=C3)cc1. The summed E-state index contributed by atoms with van der Waals surface area (Å²) in [6.07, 6.45) is 9.27. The van der Waals surface area contributed by atoms with E-state index in [2.05, 4.69) is 93.3 Å². The van der Waals surface area contributed by atoms with Crippen molar-refractivity contribution in [3.8, 4) is 17.1 Å². The van der Waals surface area contributed by atoms with Crippen LogP contribution in [0.1, 0.15) is 11.4 Å². The van der Waals surface area contributed by atoms with Crippen molar-refractivity contribution >= 4 is 22.0 Å². The van der Waals surface area contributed by atoms with Crippen molar-refractivity contribution in [2.24, 2.45) is 0 Å². The molecule has 0 aliphatic heterocycles. The largest absolute Gasteiger partial charge is 0.296 e. The van der Waals surface area contributed by atoms with Crippen molar-refractivity contribution in [3.63, 3.8) is 0 Å². The maximum absolute atomic E-state index is 4.91. The first kappa shape index (κ1) is 14.2. The first-order valence-electron chi connectivity index (χ1n) is 7.59. The lowest BCUT2D eigenvalue weighted by Crippen LogP contribution is -2.02. The molecule has 0 spiro atoms. The molecule has 0 saturated heterocycles. The van der Waals surface area contributed by atoms with Gasteiger partial charge in [-0.25, -0.2) is 4.98 Å². The van der Waals surface area contributed by atoms with Crippen molar-refractivity contribution in [2.75, 3.05) is 0 Å². The van der Waals surface area contributed by atoms with E-state index < -0.39 is 0 Å². The molecule has 0 fully saturated rings. The lowest BCUT2D eigenvalue weighted by atomic mass is 10.2. The number of benzene rings is 2. The summed E-state index contributed by atoms with van der Waals surface area (Å²) >= 11 is 3.50. The Kier molecular flexibility index (Phi) is 3.72. The minimum absolute atomic E-state index is 0.876. The molecule has 0 amide bonds. The fraction of sp³-hybridized carbons (Fsp3) is 0.0500. The first-order chi connectivity index (χ1) is 11.3. The Morgan fingerprint density at radius 3 is 2.48 bits per heavy atom. The smallest absolute Gasteiger partial charge is 0.145 e. The summed E-state index contributed by atoms with van der Waals surface area (Å²) in [7, 11) is 0. The normalized spacial score (nSPS) is 12.9. The zero-order valence-electron chi connectivity index (χ0n) is 12.5. The molecule has 0 atom stereocenters. The highest BCUT2D eigenvalue weighted by molar-refractivity contribution is 9.10. The summed E-state index contributed by atoms with van der Waals surface area (Å²) in [5.74, 6) is 0.980. The molecule has 1 heterocycles. The van der Waals surface area contributed by atoms with Gasteiger partial charge in [-0.15, -0.1) is 0 Å². The molecule has 3 aromatic rings. The van der Waals surface area contributed by atoms with Crippen LogP contribution in [0.2, 0.25) is 0 Å². The van der Waals surface area contributed by atoms with Crippen molar-refractivity contribution in [3.05, 3.63) is 88.7 Å². The Hall–Kier alpha value is -2.39. The van der Waals surface area contributed by atoms with Gasteiger partial charge in [0.05, 0.1) is 11.4 Å². The highest BCUT2D eigenvalue weighted by atomic mass is 79.9. The molecule has 23 heavy (non-hydrogen) atoms. The number of hydrogen-bond acceptors (Lipinski definition) is 1. The Labute approximate surface area is 143 Å². The predicted octanol–water partition coefficient (Wildman–Crippen LogP) is 5.43. The number of allylic oxidation sites excluding steroid dienone is 3. The number of halogens is 1. The van der Waals surface area contributed by atoms with E-state index in [4.69, 9.17) is 4.98 Å². The van der Waals surface area contributed by atoms with E-state index >= 15 is 0 Å². The maximum Gasteiger partial charge on any atom is 0.145 e. The van der Waals surface area contributed by atoms with Gasteiger partial charge in [-0.1, -0.05) is 64.5 Å². The highest BCUT2D eigenvalue weighted by Gasteiger charge is 2.18. The zero-order valence-corrected chi connectivity index (χ0v) is 14.1. The van der Waals surface area contributed by atoms with Crippen LogP contribution in [-0.4, -0.2) is 9.55 Å². The van der Waals surface area contributed by atoms with Gasteiger partial charge in [-0.05, 0) is 30.3 Å². The molecule has 2 aromatic carbocycles. The van der Waals surface area contributed by atoms with Gasteiger partial charge in [0.25, 0.3) is 0 Å². The monoisotopic (exact) mass is 362 g/mol. The Bertz CT molecular complexity index is 887. The van der Waals surface area contributed by atoms with Gasteiger partial charge in [0, 0.05) is 22.1 Å². The van der Waals surface area contributed by atoms with E-state index in [1.165, 1.54) is 5.69 Å². The zero-order chi connectivity index (χ0) is 15.6. The van der Waals surface area contributed by atoms with Gasteiger partial charge >= 0.3 is 0 Å². The molecule has 1 aliphatic rings. The van der Waals surface area contributed by atoms with Crippen LogP contribution in [0, 0.1) is 0 Å². The van der Waals surface area contributed by atoms with Crippen LogP contribution in [0.15, 0.2) is 77.3 Å². The van der Waals surface area contributed by atoms with Crippen molar-refractivity contribution in [1.82, 2.24) is 9.55 Å². The van der Waals surface area contributed by atoms with Crippen molar-refractivity contribution < 1.29 is 0 Å². The lowest BCUT2D eigenvalue weighted by molar-refractivity contribution is 0.975. The van der Waals surface area contributed by atoms with Crippen LogP contribution in [-0.2, 0) is 6.42 Å². The fourth-order valence-electron chi connectivity index (χ4n) is 2.85. The molecular formula is C20H15BrN2. The quantitative estimate of drug-likeness (QED) is 0.594. The topological polar surface area (TPSA) is 17.8 Å². The van der Waals surface area contributed by atoms with E-state index in [-0.39, 0.29) is 0 Å².